The van der Waals surface area contributed by atoms with Gasteiger partial charge in [0.1, 0.15) is 12.4 Å². The van der Waals surface area contributed by atoms with Crippen molar-refractivity contribution >= 4 is 11.8 Å². The first-order valence-corrected chi connectivity index (χ1v) is 7.44. The molecule has 94 valence electrons. The van der Waals surface area contributed by atoms with Crippen molar-refractivity contribution in [3.05, 3.63) is 29.8 Å². The highest BCUT2D eigenvalue weighted by molar-refractivity contribution is 7.99. The molecular weight excluding hydrogens is 230 g/mol. The standard InChI is InChI=1S/C14H21NOS/c1-11-2-4-13(5-3-11)16-10-14(15)12-6-8-17-9-7-12/h2-5,12,14H,6-10,15H2,1H3. The Balaban J connectivity index is 1.78. The summed E-state index contributed by atoms with van der Waals surface area (Å²) in [7, 11) is 0. The molecule has 1 aliphatic rings. The second-order valence-corrected chi connectivity index (χ2v) is 5.96. The van der Waals surface area contributed by atoms with Crippen molar-refractivity contribution in [3.8, 4) is 5.75 Å². The smallest absolute Gasteiger partial charge is 0.119 e. The molecule has 3 heteroatoms. The van der Waals surface area contributed by atoms with Gasteiger partial charge in [-0.15, -0.1) is 0 Å². The maximum Gasteiger partial charge on any atom is 0.119 e. The normalized spacial score (nSPS) is 18.9. The van der Waals surface area contributed by atoms with E-state index >= 15 is 0 Å². The maximum absolute atomic E-state index is 6.19. The summed E-state index contributed by atoms with van der Waals surface area (Å²) < 4.78 is 5.74. The molecule has 0 spiro atoms. The second-order valence-electron chi connectivity index (χ2n) is 4.74. The van der Waals surface area contributed by atoms with Crippen molar-refractivity contribution in [2.24, 2.45) is 11.7 Å². The Morgan fingerprint density at radius 1 is 1.29 bits per heavy atom. The minimum atomic E-state index is 0.178. The van der Waals surface area contributed by atoms with E-state index in [1.807, 2.05) is 23.9 Å². The molecule has 0 aliphatic carbocycles. The van der Waals surface area contributed by atoms with Crippen molar-refractivity contribution in [1.29, 1.82) is 0 Å². The minimum absolute atomic E-state index is 0.178. The van der Waals surface area contributed by atoms with Crippen molar-refractivity contribution in [2.75, 3.05) is 18.1 Å². The van der Waals surface area contributed by atoms with E-state index in [9.17, 15) is 0 Å². The molecule has 0 bridgehead atoms. The summed E-state index contributed by atoms with van der Waals surface area (Å²) in [6, 6.07) is 8.34. The van der Waals surface area contributed by atoms with Gasteiger partial charge in [0.05, 0.1) is 0 Å². The second kappa shape index (κ2) is 6.31. The molecule has 0 saturated carbocycles. The molecule has 1 aromatic rings. The van der Waals surface area contributed by atoms with Gasteiger partial charge in [-0.2, -0.15) is 11.8 Å². The molecule has 1 atom stereocenters. The lowest BCUT2D eigenvalue weighted by atomic mass is 9.95. The maximum atomic E-state index is 6.19. The van der Waals surface area contributed by atoms with Gasteiger partial charge in [0.15, 0.2) is 0 Å². The lowest BCUT2D eigenvalue weighted by Gasteiger charge is -2.27. The molecule has 1 fully saturated rings. The van der Waals surface area contributed by atoms with E-state index in [-0.39, 0.29) is 6.04 Å². The summed E-state index contributed by atoms with van der Waals surface area (Å²) in [6.07, 6.45) is 2.48. The van der Waals surface area contributed by atoms with Crippen LogP contribution < -0.4 is 10.5 Å². The zero-order chi connectivity index (χ0) is 12.1. The fraction of sp³-hybridized carbons (Fsp3) is 0.571. The molecule has 2 N–H and O–H groups in total. The predicted molar refractivity (Wildman–Crippen MR) is 74.7 cm³/mol. The molecule has 17 heavy (non-hydrogen) atoms. The number of hydrogen-bond donors (Lipinski definition) is 1. The van der Waals surface area contributed by atoms with Crippen LogP contribution in [0.3, 0.4) is 0 Å². The number of thioether (sulfide) groups is 1. The predicted octanol–water partition coefficient (Wildman–Crippen LogP) is 2.84. The molecule has 1 heterocycles. The van der Waals surface area contributed by atoms with E-state index < -0.39 is 0 Å². The van der Waals surface area contributed by atoms with Crippen LogP contribution >= 0.6 is 11.8 Å². The van der Waals surface area contributed by atoms with Crippen molar-refractivity contribution < 1.29 is 4.74 Å². The minimum Gasteiger partial charge on any atom is -0.492 e. The van der Waals surface area contributed by atoms with Crippen LogP contribution in [0.25, 0.3) is 0 Å². The molecular formula is C14H21NOS. The average Bonchev–Trinajstić information content (AvgIpc) is 2.39. The van der Waals surface area contributed by atoms with E-state index in [2.05, 4.69) is 19.1 Å². The van der Waals surface area contributed by atoms with Gasteiger partial charge < -0.3 is 10.5 Å². The Morgan fingerprint density at radius 2 is 1.94 bits per heavy atom. The Labute approximate surface area is 108 Å². The molecule has 1 unspecified atom stereocenters. The van der Waals surface area contributed by atoms with Crippen LogP contribution in [0.4, 0.5) is 0 Å². The van der Waals surface area contributed by atoms with Crippen LogP contribution in [0.15, 0.2) is 24.3 Å². The number of ether oxygens (including phenoxy) is 1. The summed E-state index contributed by atoms with van der Waals surface area (Å²) in [6.45, 7) is 2.72. The molecule has 0 amide bonds. The highest BCUT2D eigenvalue weighted by Crippen LogP contribution is 2.25. The summed E-state index contributed by atoms with van der Waals surface area (Å²) in [4.78, 5) is 0. The van der Waals surface area contributed by atoms with Gasteiger partial charge in [0.25, 0.3) is 0 Å². The topological polar surface area (TPSA) is 35.2 Å². The lowest BCUT2D eigenvalue weighted by Crippen LogP contribution is -2.37. The lowest BCUT2D eigenvalue weighted by molar-refractivity contribution is 0.239. The number of nitrogens with two attached hydrogens (primary N) is 1. The third-order valence-electron chi connectivity index (χ3n) is 3.33. The van der Waals surface area contributed by atoms with E-state index in [1.165, 1.54) is 29.9 Å². The molecule has 1 aliphatic heterocycles. The summed E-state index contributed by atoms with van der Waals surface area (Å²) >= 11 is 2.04. The van der Waals surface area contributed by atoms with Gasteiger partial charge in [-0.05, 0) is 49.3 Å². The van der Waals surface area contributed by atoms with Crippen LogP contribution in [0.5, 0.6) is 5.75 Å². The van der Waals surface area contributed by atoms with Crippen LogP contribution in [-0.4, -0.2) is 24.2 Å². The van der Waals surface area contributed by atoms with E-state index in [4.69, 9.17) is 10.5 Å². The molecule has 2 nitrogen and oxygen atoms in total. The molecule has 1 aromatic carbocycles. The zero-order valence-electron chi connectivity index (χ0n) is 10.4. The van der Waals surface area contributed by atoms with Crippen molar-refractivity contribution in [1.82, 2.24) is 0 Å². The Bertz CT molecular complexity index is 333. The summed E-state index contributed by atoms with van der Waals surface area (Å²) in [5.74, 6) is 4.07. The Kier molecular flexibility index (Phi) is 4.75. The fourth-order valence-corrected chi connectivity index (χ4v) is 3.25. The third-order valence-corrected chi connectivity index (χ3v) is 4.38. The number of benzene rings is 1. The van der Waals surface area contributed by atoms with Gasteiger partial charge >= 0.3 is 0 Å². The monoisotopic (exact) mass is 251 g/mol. The zero-order valence-corrected chi connectivity index (χ0v) is 11.2. The average molecular weight is 251 g/mol. The first-order chi connectivity index (χ1) is 8.25. The fourth-order valence-electron chi connectivity index (χ4n) is 2.11. The Morgan fingerprint density at radius 3 is 2.59 bits per heavy atom. The SMILES string of the molecule is Cc1ccc(OCC(N)C2CCSCC2)cc1. The summed E-state index contributed by atoms with van der Waals surface area (Å²) in [5.41, 5.74) is 7.45. The first-order valence-electron chi connectivity index (χ1n) is 6.28. The van der Waals surface area contributed by atoms with Crippen LogP contribution in [-0.2, 0) is 0 Å². The van der Waals surface area contributed by atoms with Gasteiger partial charge in [-0.25, -0.2) is 0 Å². The van der Waals surface area contributed by atoms with Crippen molar-refractivity contribution in [2.45, 2.75) is 25.8 Å². The summed E-state index contributed by atoms with van der Waals surface area (Å²) in [5, 5.41) is 0. The first kappa shape index (κ1) is 12.8. The van der Waals surface area contributed by atoms with Crippen LogP contribution in [0, 0.1) is 12.8 Å². The number of aryl methyl sites for hydroxylation is 1. The highest BCUT2D eigenvalue weighted by atomic mass is 32.2. The van der Waals surface area contributed by atoms with Gasteiger partial charge in [0, 0.05) is 6.04 Å². The third kappa shape index (κ3) is 3.93. The molecule has 0 radical (unpaired) electrons. The van der Waals surface area contributed by atoms with Gasteiger partial charge in [-0.1, -0.05) is 17.7 Å². The number of rotatable bonds is 4. The number of hydrogen-bond acceptors (Lipinski definition) is 3. The largest absolute Gasteiger partial charge is 0.492 e. The van der Waals surface area contributed by atoms with E-state index in [0.29, 0.717) is 12.5 Å². The van der Waals surface area contributed by atoms with E-state index in [0.717, 1.165) is 5.75 Å². The van der Waals surface area contributed by atoms with Gasteiger partial charge in [-0.3, -0.25) is 0 Å². The molecule has 0 aromatic heterocycles. The van der Waals surface area contributed by atoms with Crippen LogP contribution in [0.1, 0.15) is 18.4 Å². The van der Waals surface area contributed by atoms with E-state index in [1.54, 1.807) is 0 Å². The van der Waals surface area contributed by atoms with Crippen molar-refractivity contribution in [3.63, 3.8) is 0 Å². The van der Waals surface area contributed by atoms with Gasteiger partial charge in [0.2, 0.25) is 0 Å². The molecule has 1 saturated heterocycles. The highest BCUT2D eigenvalue weighted by Gasteiger charge is 2.21. The Hall–Kier alpha value is -0.670. The van der Waals surface area contributed by atoms with Crippen LogP contribution in [0.2, 0.25) is 0 Å². The quantitative estimate of drug-likeness (QED) is 0.893. The molecule has 2 rings (SSSR count).